The number of carboxylic acids is 1. The number of aromatic nitrogens is 1. The second kappa shape index (κ2) is 11.5. The largest absolute Gasteiger partial charge is 0.507 e. The van der Waals surface area contributed by atoms with Gasteiger partial charge in [-0.2, -0.15) is 0 Å². The zero-order valence-corrected chi connectivity index (χ0v) is 22.3. The maximum atomic E-state index is 13.2. The molecule has 11 nitrogen and oxygen atoms in total. The highest BCUT2D eigenvalue weighted by molar-refractivity contribution is 7.89. The van der Waals surface area contributed by atoms with Gasteiger partial charge in [-0.25, -0.2) is 18.4 Å². The second-order valence-electron chi connectivity index (χ2n) is 9.48. The van der Waals surface area contributed by atoms with Gasteiger partial charge in [0.05, 0.1) is 24.2 Å². The molecule has 5 N–H and O–H groups in total. The van der Waals surface area contributed by atoms with Crippen molar-refractivity contribution < 1.29 is 33.0 Å². The van der Waals surface area contributed by atoms with Gasteiger partial charge in [0.2, 0.25) is 15.9 Å². The van der Waals surface area contributed by atoms with Crippen LogP contribution in [0.15, 0.2) is 59.8 Å². The number of benzene rings is 2. The van der Waals surface area contributed by atoms with Crippen LogP contribution in [0.2, 0.25) is 0 Å². The first-order valence-corrected chi connectivity index (χ1v) is 13.7. The van der Waals surface area contributed by atoms with Crippen molar-refractivity contribution in [2.75, 3.05) is 19.8 Å². The molecule has 206 valence electrons. The molecule has 1 fully saturated rings. The van der Waals surface area contributed by atoms with Crippen LogP contribution in [0, 0.1) is 6.92 Å². The highest BCUT2D eigenvalue weighted by Crippen LogP contribution is 2.27. The minimum atomic E-state index is -3.81. The Labute approximate surface area is 226 Å². The molecule has 0 unspecified atom stereocenters. The van der Waals surface area contributed by atoms with Crippen molar-refractivity contribution in [1.29, 1.82) is 0 Å². The first-order chi connectivity index (χ1) is 18.4. The maximum absolute atomic E-state index is 13.2. The number of hydrogen-bond acceptors (Lipinski definition) is 8. The molecule has 2 aromatic carbocycles. The lowest BCUT2D eigenvalue weighted by atomic mass is 10.0. The number of primary sulfonamides is 1. The van der Waals surface area contributed by atoms with Gasteiger partial charge in [-0.05, 0) is 66.4 Å². The van der Waals surface area contributed by atoms with Gasteiger partial charge >= 0.3 is 5.97 Å². The lowest BCUT2D eigenvalue weighted by Gasteiger charge is -2.35. The highest BCUT2D eigenvalue weighted by Gasteiger charge is 2.30. The number of morpholine rings is 1. The van der Waals surface area contributed by atoms with Gasteiger partial charge in [0.25, 0.3) is 0 Å². The van der Waals surface area contributed by atoms with E-state index in [1.807, 2.05) is 11.0 Å². The number of nitrogens with zero attached hydrogens (tertiary/aromatic N) is 2. The molecule has 1 aromatic heterocycles. The molecule has 1 aliphatic rings. The average molecular weight is 555 g/mol. The number of nitrogens with one attached hydrogen (secondary N) is 1. The SMILES string of the molecule is Cc1cc(S(N)(=O)=O)ccc1-c1cncc(CN2CCOC[C@@H]2C(=O)N[C@@H](C)c2ccc(C(=O)O)c(O)c2)c1. The van der Waals surface area contributed by atoms with Crippen molar-refractivity contribution in [3.05, 3.63) is 77.1 Å². The molecule has 1 amide bonds. The summed E-state index contributed by atoms with van der Waals surface area (Å²) in [6.45, 7) is 5.16. The number of nitrogens with two attached hydrogens (primary N) is 1. The van der Waals surface area contributed by atoms with Crippen LogP contribution in [0.1, 0.15) is 40.0 Å². The Kier molecular flexibility index (Phi) is 8.31. The van der Waals surface area contributed by atoms with Crippen LogP contribution >= 0.6 is 0 Å². The number of aromatic hydroxyl groups is 1. The number of hydrogen-bond donors (Lipinski definition) is 4. The molecular weight excluding hydrogens is 524 g/mol. The third-order valence-electron chi connectivity index (χ3n) is 6.67. The molecule has 0 spiro atoms. The van der Waals surface area contributed by atoms with Crippen molar-refractivity contribution in [2.45, 2.75) is 37.4 Å². The number of amides is 1. The number of aromatic carboxylic acids is 1. The molecule has 2 heterocycles. The summed E-state index contributed by atoms with van der Waals surface area (Å²) >= 11 is 0. The van der Waals surface area contributed by atoms with Crippen molar-refractivity contribution >= 4 is 21.9 Å². The van der Waals surface area contributed by atoms with E-state index < -0.39 is 28.1 Å². The van der Waals surface area contributed by atoms with Crippen LogP contribution in [0.25, 0.3) is 11.1 Å². The zero-order valence-electron chi connectivity index (χ0n) is 21.5. The van der Waals surface area contributed by atoms with E-state index in [1.165, 1.54) is 24.3 Å². The number of aryl methyl sites for hydroxylation is 1. The molecule has 2 atom stereocenters. The van der Waals surface area contributed by atoms with E-state index in [0.29, 0.717) is 25.3 Å². The van der Waals surface area contributed by atoms with Crippen molar-refractivity contribution in [3.8, 4) is 16.9 Å². The zero-order chi connectivity index (χ0) is 28.3. The molecule has 1 aliphatic heterocycles. The Morgan fingerprint density at radius 2 is 1.97 bits per heavy atom. The summed E-state index contributed by atoms with van der Waals surface area (Å²) in [5.74, 6) is -1.87. The van der Waals surface area contributed by atoms with E-state index in [2.05, 4.69) is 10.3 Å². The van der Waals surface area contributed by atoms with E-state index >= 15 is 0 Å². The van der Waals surface area contributed by atoms with Crippen molar-refractivity contribution in [2.24, 2.45) is 5.14 Å². The van der Waals surface area contributed by atoms with E-state index in [0.717, 1.165) is 22.3 Å². The number of sulfonamides is 1. The van der Waals surface area contributed by atoms with E-state index in [-0.39, 0.29) is 28.7 Å². The summed E-state index contributed by atoms with van der Waals surface area (Å²) in [7, 11) is -3.81. The molecule has 3 aromatic rings. The summed E-state index contributed by atoms with van der Waals surface area (Å²) in [6, 6.07) is 9.76. The molecule has 0 bridgehead atoms. The normalized spacial score (nSPS) is 16.9. The van der Waals surface area contributed by atoms with Gasteiger partial charge in [-0.1, -0.05) is 12.1 Å². The third-order valence-corrected chi connectivity index (χ3v) is 7.58. The third kappa shape index (κ3) is 6.60. The van der Waals surface area contributed by atoms with E-state index in [4.69, 9.17) is 15.0 Å². The molecule has 12 heteroatoms. The summed E-state index contributed by atoms with van der Waals surface area (Å²) in [6.07, 6.45) is 3.41. The summed E-state index contributed by atoms with van der Waals surface area (Å²) in [4.78, 5) is 30.8. The quantitative estimate of drug-likeness (QED) is 0.326. The maximum Gasteiger partial charge on any atom is 0.339 e. The van der Waals surface area contributed by atoms with Gasteiger partial charge in [-0.15, -0.1) is 0 Å². The minimum Gasteiger partial charge on any atom is -0.507 e. The summed E-state index contributed by atoms with van der Waals surface area (Å²) < 4.78 is 28.9. The van der Waals surface area contributed by atoms with Crippen LogP contribution in [0.4, 0.5) is 0 Å². The van der Waals surface area contributed by atoms with Crippen LogP contribution in [0.5, 0.6) is 5.75 Å². The van der Waals surface area contributed by atoms with Gasteiger partial charge < -0.3 is 20.3 Å². The minimum absolute atomic E-state index is 0.0392. The average Bonchev–Trinajstić information content (AvgIpc) is 2.88. The standard InChI is InChI=1S/C27H30N4O7S/c1-16-9-21(39(28,36)37)4-6-22(16)20-10-18(12-29-13-20)14-31-7-8-38-15-24(31)26(33)30-17(2)19-3-5-23(27(34)35)25(32)11-19/h3-6,9-13,17,24,32H,7-8,14-15H2,1-2H3,(H,30,33)(H,34,35)(H2,28,36,37)/t17-,24+/m0/s1. The lowest BCUT2D eigenvalue weighted by molar-refractivity contribution is -0.133. The molecule has 39 heavy (non-hydrogen) atoms. The van der Waals surface area contributed by atoms with Crippen LogP contribution in [0.3, 0.4) is 0 Å². The molecule has 4 rings (SSSR count). The Morgan fingerprint density at radius 1 is 1.21 bits per heavy atom. The monoisotopic (exact) mass is 554 g/mol. The van der Waals surface area contributed by atoms with Gasteiger partial charge in [-0.3, -0.25) is 14.7 Å². The number of phenols is 1. The fourth-order valence-electron chi connectivity index (χ4n) is 4.55. The first kappa shape index (κ1) is 28.2. The molecule has 0 radical (unpaired) electrons. The fourth-order valence-corrected chi connectivity index (χ4v) is 5.15. The Balaban J connectivity index is 1.49. The van der Waals surface area contributed by atoms with Crippen LogP contribution < -0.4 is 10.5 Å². The predicted octanol–water partition coefficient (Wildman–Crippen LogP) is 2.19. The highest BCUT2D eigenvalue weighted by atomic mass is 32.2. The van der Waals surface area contributed by atoms with Gasteiger partial charge in [0.15, 0.2) is 0 Å². The first-order valence-electron chi connectivity index (χ1n) is 12.2. The number of carbonyl (C=O) groups is 2. The fraction of sp³-hybridized carbons (Fsp3) is 0.296. The topological polar surface area (TPSA) is 172 Å². The summed E-state index contributed by atoms with van der Waals surface area (Å²) in [5.41, 5.74) is 3.58. The second-order valence-corrected chi connectivity index (χ2v) is 11.0. The number of rotatable bonds is 8. The molecule has 0 saturated carbocycles. The number of carboxylic acid groups (broad SMARTS) is 1. The van der Waals surface area contributed by atoms with E-state index in [9.17, 15) is 23.1 Å². The Bertz CT molecular complexity index is 1510. The predicted molar refractivity (Wildman–Crippen MR) is 142 cm³/mol. The molecule has 1 saturated heterocycles. The van der Waals surface area contributed by atoms with Crippen molar-refractivity contribution in [3.63, 3.8) is 0 Å². The van der Waals surface area contributed by atoms with Crippen LogP contribution in [-0.2, 0) is 26.1 Å². The van der Waals surface area contributed by atoms with Gasteiger partial charge in [0.1, 0.15) is 17.4 Å². The smallest absolute Gasteiger partial charge is 0.339 e. The van der Waals surface area contributed by atoms with E-state index in [1.54, 1.807) is 38.4 Å². The number of ether oxygens (including phenoxy) is 1. The number of pyridine rings is 1. The number of carbonyl (C=O) groups excluding carboxylic acids is 1. The molecular formula is C27H30N4O7S. The Morgan fingerprint density at radius 3 is 2.64 bits per heavy atom. The molecule has 0 aliphatic carbocycles. The summed E-state index contributed by atoms with van der Waals surface area (Å²) in [5, 5.41) is 27.3. The Hall–Kier alpha value is -3.84. The van der Waals surface area contributed by atoms with Crippen molar-refractivity contribution in [1.82, 2.24) is 15.2 Å². The lowest BCUT2D eigenvalue weighted by Crippen LogP contribution is -2.53. The van der Waals surface area contributed by atoms with Gasteiger partial charge in [0, 0.05) is 31.0 Å². The van der Waals surface area contributed by atoms with Crippen LogP contribution in [-0.4, -0.2) is 66.2 Å².